The molecule has 0 bridgehead atoms. The quantitative estimate of drug-likeness (QED) is 0.506. The first kappa shape index (κ1) is 18.2. The Balaban J connectivity index is 1.91. The Hall–Kier alpha value is -3.60. The Morgan fingerprint density at radius 2 is 1.85 bits per heavy atom. The number of rotatable bonds is 4. The van der Waals surface area contributed by atoms with E-state index in [2.05, 4.69) is 0 Å². The van der Waals surface area contributed by atoms with Gasteiger partial charge in [-0.05, 0) is 24.6 Å². The highest BCUT2D eigenvalue weighted by Gasteiger charge is 2.80. The number of imide groups is 1. The maximum atomic E-state index is 13.7. The van der Waals surface area contributed by atoms with Crippen molar-refractivity contribution in [3.05, 3.63) is 81.2 Å². The Morgan fingerprint density at radius 1 is 1.22 bits per heavy atom. The lowest BCUT2D eigenvalue weighted by molar-refractivity contribution is -0.500. The molecule has 27 heavy (non-hydrogen) atoms. The molecule has 0 heterocycles. The summed E-state index contributed by atoms with van der Waals surface area (Å²) in [5, 5.41) is 22.9. The summed E-state index contributed by atoms with van der Waals surface area (Å²) >= 11 is 0. The molecular weight excluding hydrogens is 353 g/mol. The normalized spacial score (nSPS) is 23.1. The molecule has 3 rings (SSSR count). The molecule has 0 spiro atoms. The summed E-state index contributed by atoms with van der Waals surface area (Å²) in [6.07, 6.45) is 0. The number of carbonyl (C=O) groups is 2. The molecule has 1 aliphatic rings. The van der Waals surface area contributed by atoms with Crippen molar-refractivity contribution in [3.8, 4) is 6.07 Å². The lowest BCUT2D eigenvalue weighted by Crippen LogP contribution is -2.39. The standard InChI is InChI=1S/C19H14FN3O4/c1-11-6-8-12(9-7-11)15-16(23(26)27)19(15,10-21)18(25)22-17(24)13-4-2-3-5-14(13)20/h2-9,15-16H,1H3,(H,22,24,25)/t15-,16-,19+/m0/s1. The van der Waals surface area contributed by atoms with E-state index in [1.165, 1.54) is 18.2 Å². The maximum Gasteiger partial charge on any atom is 0.260 e. The van der Waals surface area contributed by atoms with Gasteiger partial charge in [-0.2, -0.15) is 5.26 Å². The molecule has 0 radical (unpaired) electrons. The van der Waals surface area contributed by atoms with Crippen LogP contribution in [0, 0.1) is 39.6 Å². The number of amides is 2. The summed E-state index contributed by atoms with van der Waals surface area (Å²) in [5.41, 5.74) is -1.04. The third-order valence-electron chi connectivity index (χ3n) is 4.73. The van der Waals surface area contributed by atoms with Crippen LogP contribution in [-0.2, 0) is 4.79 Å². The van der Waals surface area contributed by atoms with Gasteiger partial charge in [-0.25, -0.2) is 4.39 Å². The summed E-state index contributed by atoms with van der Waals surface area (Å²) in [7, 11) is 0. The SMILES string of the molecule is Cc1ccc([C@H]2[C@H]([N+](=O)[O-])[C@]2(C#N)C(=O)NC(=O)c2ccccc2F)cc1. The van der Waals surface area contributed by atoms with E-state index in [0.29, 0.717) is 5.56 Å². The van der Waals surface area contributed by atoms with Gasteiger partial charge in [0.15, 0.2) is 0 Å². The lowest BCUT2D eigenvalue weighted by Gasteiger charge is -2.08. The summed E-state index contributed by atoms with van der Waals surface area (Å²) < 4.78 is 13.7. The van der Waals surface area contributed by atoms with Gasteiger partial charge in [0.25, 0.3) is 17.9 Å². The smallest absolute Gasteiger partial charge is 0.260 e. The van der Waals surface area contributed by atoms with Gasteiger partial charge in [0.05, 0.1) is 17.6 Å². The molecule has 7 nitrogen and oxygen atoms in total. The van der Waals surface area contributed by atoms with Crippen LogP contribution in [-0.4, -0.2) is 22.8 Å². The molecule has 0 aromatic heterocycles. The summed E-state index contributed by atoms with van der Waals surface area (Å²) in [4.78, 5) is 35.6. The van der Waals surface area contributed by atoms with E-state index in [4.69, 9.17) is 0 Å². The Labute approximate surface area is 153 Å². The predicted octanol–water partition coefficient (Wildman–Crippen LogP) is 2.34. The molecule has 3 atom stereocenters. The highest BCUT2D eigenvalue weighted by atomic mass is 19.1. The molecule has 1 saturated carbocycles. The highest BCUT2D eigenvalue weighted by molar-refractivity contribution is 6.09. The second-order valence-electron chi connectivity index (χ2n) is 6.36. The van der Waals surface area contributed by atoms with Crippen molar-refractivity contribution in [2.45, 2.75) is 18.9 Å². The van der Waals surface area contributed by atoms with Crippen LogP contribution in [0.1, 0.15) is 27.4 Å². The average molecular weight is 367 g/mol. The molecule has 0 aliphatic heterocycles. The van der Waals surface area contributed by atoms with Crippen LogP contribution >= 0.6 is 0 Å². The first-order valence-electron chi connectivity index (χ1n) is 8.04. The minimum Gasteiger partial charge on any atom is -0.291 e. The van der Waals surface area contributed by atoms with Gasteiger partial charge in [-0.3, -0.25) is 25.0 Å². The van der Waals surface area contributed by atoms with Gasteiger partial charge >= 0.3 is 0 Å². The van der Waals surface area contributed by atoms with Crippen molar-refractivity contribution < 1.29 is 18.9 Å². The third kappa shape index (κ3) is 2.93. The summed E-state index contributed by atoms with van der Waals surface area (Å²) in [6, 6.07) is 11.9. The van der Waals surface area contributed by atoms with Crippen LogP contribution in [0.2, 0.25) is 0 Å². The van der Waals surface area contributed by atoms with Crippen molar-refractivity contribution in [3.63, 3.8) is 0 Å². The van der Waals surface area contributed by atoms with E-state index in [1.54, 1.807) is 30.3 Å². The fraction of sp³-hybridized carbons (Fsp3) is 0.211. The van der Waals surface area contributed by atoms with Crippen LogP contribution in [0.25, 0.3) is 0 Å². The molecule has 2 amide bonds. The first-order chi connectivity index (χ1) is 12.8. The zero-order valence-electron chi connectivity index (χ0n) is 14.2. The summed E-state index contributed by atoms with van der Waals surface area (Å²) in [5.74, 6) is -3.99. The number of nitrogens with zero attached hydrogens (tertiary/aromatic N) is 2. The van der Waals surface area contributed by atoms with Crippen molar-refractivity contribution in [2.75, 3.05) is 0 Å². The first-order valence-corrected chi connectivity index (χ1v) is 8.04. The number of carbonyl (C=O) groups excluding carboxylic acids is 2. The van der Waals surface area contributed by atoms with E-state index >= 15 is 0 Å². The average Bonchev–Trinajstić information content (AvgIpc) is 3.33. The number of nitro groups is 1. The van der Waals surface area contributed by atoms with Crippen LogP contribution in [0.4, 0.5) is 4.39 Å². The van der Waals surface area contributed by atoms with E-state index in [-0.39, 0.29) is 5.56 Å². The number of nitrogens with one attached hydrogen (secondary N) is 1. The van der Waals surface area contributed by atoms with E-state index in [1.807, 2.05) is 12.2 Å². The molecule has 1 aliphatic carbocycles. The van der Waals surface area contributed by atoms with Gasteiger partial charge in [0.1, 0.15) is 5.82 Å². The van der Waals surface area contributed by atoms with Crippen molar-refractivity contribution in [2.24, 2.45) is 5.41 Å². The molecule has 8 heteroatoms. The third-order valence-corrected chi connectivity index (χ3v) is 4.73. The van der Waals surface area contributed by atoms with Crippen LogP contribution in [0.15, 0.2) is 48.5 Å². The molecule has 1 fully saturated rings. The Morgan fingerprint density at radius 3 is 2.41 bits per heavy atom. The van der Waals surface area contributed by atoms with Gasteiger partial charge in [-0.1, -0.05) is 42.0 Å². The highest BCUT2D eigenvalue weighted by Crippen LogP contribution is 2.60. The Kier molecular flexibility index (Phi) is 4.45. The monoisotopic (exact) mass is 367 g/mol. The van der Waals surface area contributed by atoms with E-state index in [0.717, 1.165) is 11.6 Å². The number of benzene rings is 2. The minimum atomic E-state index is -2.03. The zero-order valence-corrected chi connectivity index (χ0v) is 14.2. The topological polar surface area (TPSA) is 113 Å². The van der Waals surface area contributed by atoms with Gasteiger partial charge in [0, 0.05) is 4.92 Å². The van der Waals surface area contributed by atoms with Gasteiger partial charge < -0.3 is 0 Å². The second kappa shape index (κ2) is 6.61. The number of aryl methyl sites for hydroxylation is 1. The largest absolute Gasteiger partial charge is 0.291 e. The van der Waals surface area contributed by atoms with E-state index in [9.17, 15) is 29.4 Å². The van der Waals surface area contributed by atoms with Crippen molar-refractivity contribution >= 4 is 11.8 Å². The fourth-order valence-corrected chi connectivity index (χ4v) is 3.26. The molecule has 136 valence electrons. The second-order valence-corrected chi connectivity index (χ2v) is 6.36. The Bertz CT molecular complexity index is 983. The lowest BCUT2D eigenvalue weighted by atomic mass is 9.98. The molecule has 2 aromatic carbocycles. The molecule has 1 N–H and O–H groups in total. The molecular formula is C19H14FN3O4. The predicted molar refractivity (Wildman–Crippen MR) is 91.6 cm³/mol. The minimum absolute atomic E-state index is 0.385. The molecule has 0 unspecified atom stereocenters. The fourth-order valence-electron chi connectivity index (χ4n) is 3.26. The molecule has 2 aromatic rings. The van der Waals surface area contributed by atoms with Crippen molar-refractivity contribution in [1.82, 2.24) is 5.32 Å². The number of hydrogen-bond donors (Lipinski definition) is 1. The van der Waals surface area contributed by atoms with Crippen molar-refractivity contribution in [1.29, 1.82) is 5.26 Å². The summed E-state index contributed by atoms with van der Waals surface area (Å²) in [6.45, 7) is 1.83. The maximum absolute atomic E-state index is 13.7. The molecule has 0 saturated heterocycles. The van der Waals surface area contributed by atoms with E-state index < -0.39 is 39.9 Å². The van der Waals surface area contributed by atoms with Crippen LogP contribution in [0.3, 0.4) is 0 Å². The van der Waals surface area contributed by atoms with Gasteiger partial charge in [0.2, 0.25) is 5.41 Å². The number of halogens is 1. The number of hydrogen-bond acceptors (Lipinski definition) is 5. The van der Waals surface area contributed by atoms with Gasteiger partial charge in [-0.15, -0.1) is 0 Å². The zero-order chi connectivity index (χ0) is 19.8. The van der Waals surface area contributed by atoms with Crippen LogP contribution < -0.4 is 5.32 Å². The number of nitriles is 1. The van der Waals surface area contributed by atoms with Crippen LogP contribution in [0.5, 0.6) is 0 Å².